The number of fused-ring (bicyclic) bond motifs is 1. The summed E-state index contributed by atoms with van der Waals surface area (Å²) in [4.78, 5) is 22.6. The fourth-order valence-electron chi connectivity index (χ4n) is 5.46. The second-order valence-corrected chi connectivity index (χ2v) is 9.94. The Morgan fingerprint density at radius 1 is 1.06 bits per heavy atom. The van der Waals surface area contributed by atoms with Crippen LogP contribution in [0.15, 0.2) is 30.3 Å². The summed E-state index contributed by atoms with van der Waals surface area (Å²) >= 11 is 0. The van der Waals surface area contributed by atoms with Gasteiger partial charge in [0.05, 0.1) is 5.92 Å². The number of hydrogen-bond acceptors (Lipinski definition) is 6. The number of aryl methyl sites for hydroxylation is 2. The van der Waals surface area contributed by atoms with Crippen LogP contribution >= 0.6 is 0 Å². The molecule has 1 amide bonds. The average molecular weight is 465 g/mol. The number of carbonyl (C=O) groups excluding carboxylic acids is 1. The molecule has 34 heavy (non-hydrogen) atoms. The number of pyridine rings is 1. The van der Waals surface area contributed by atoms with Gasteiger partial charge in [0.1, 0.15) is 13.2 Å². The van der Waals surface area contributed by atoms with Gasteiger partial charge in [-0.15, -0.1) is 0 Å². The van der Waals surface area contributed by atoms with Crippen molar-refractivity contribution in [2.45, 2.75) is 45.6 Å². The van der Waals surface area contributed by atoms with E-state index in [0.717, 1.165) is 68.5 Å². The molecule has 3 aliphatic heterocycles. The zero-order valence-corrected chi connectivity index (χ0v) is 20.4. The molecule has 0 aliphatic carbocycles. The lowest BCUT2D eigenvalue weighted by molar-refractivity contribution is -0.125. The first kappa shape index (κ1) is 23.0. The molecule has 0 radical (unpaired) electrons. The zero-order valence-electron chi connectivity index (χ0n) is 20.4. The van der Waals surface area contributed by atoms with E-state index in [4.69, 9.17) is 9.47 Å². The molecule has 1 aromatic heterocycles. The van der Waals surface area contributed by atoms with Gasteiger partial charge in [0.25, 0.3) is 0 Å². The third-order valence-electron chi connectivity index (χ3n) is 7.10. The minimum Gasteiger partial charge on any atom is -0.486 e. The molecule has 0 bridgehead atoms. The first-order valence-corrected chi connectivity index (χ1v) is 12.6. The topological polar surface area (TPSA) is 66.9 Å². The van der Waals surface area contributed by atoms with Crippen molar-refractivity contribution in [2.75, 3.05) is 50.8 Å². The summed E-state index contributed by atoms with van der Waals surface area (Å²) in [5.41, 5.74) is 4.38. The van der Waals surface area contributed by atoms with Gasteiger partial charge in [0.15, 0.2) is 11.5 Å². The second-order valence-electron chi connectivity index (χ2n) is 9.94. The van der Waals surface area contributed by atoms with E-state index < -0.39 is 0 Å². The van der Waals surface area contributed by atoms with Crippen LogP contribution in [0.2, 0.25) is 0 Å². The van der Waals surface area contributed by atoms with E-state index in [1.807, 2.05) is 19.9 Å². The number of carbonyl (C=O) groups is 1. The van der Waals surface area contributed by atoms with Crippen molar-refractivity contribution in [3.8, 4) is 11.5 Å². The molecule has 4 heterocycles. The molecule has 0 unspecified atom stereocenters. The zero-order chi connectivity index (χ0) is 23.5. The van der Waals surface area contributed by atoms with Gasteiger partial charge in [-0.1, -0.05) is 6.07 Å². The predicted octanol–water partition coefficient (Wildman–Crippen LogP) is 3.12. The highest BCUT2D eigenvalue weighted by atomic mass is 16.6. The van der Waals surface area contributed by atoms with Crippen LogP contribution in [0.25, 0.3) is 0 Å². The van der Waals surface area contributed by atoms with Crippen LogP contribution in [-0.2, 0) is 11.2 Å². The van der Waals surface area contributed by atoms with Crippen LogP contribution in [0.1, 0.15) is 36.2 Å². The largest absolute Gasteiger partial charge is 0.486 e. The standard InChI is InChI=1S/C27H36N4O3/c1-19-13-24(14-20(2)28-19)31-10-7-22(17-31)27(32)29-23(18-30-8-3-4-9-30)15-21-5-6-25-26(16-21)34-12-11-33-25/h5-6,13-14,16,22-23H,3-4,7-12,15,17-18H2,1-2H3,(H,29,32)/t22-,23+/m1/s1. The summed E-state index contributed by atoms with van der Waals surface area (Å²) in [6, 6.07) is 10.5. The van der Waals surface area contributed by atoms with Crippen molar-refractivity contribution >= 4 is 11.6 Å². The molecule has 2 atom stereocenters. The molecule has 2 aromatic rings. The summed E-state index contributed by atoms with van der Waals surface area (Å²) < 4.78 is 11.5. The summed E-state index contributed by atoms with van der Waals surface area (Å²) in [7, 11) is 0. The van der Waals surface area contributed by atoms with E-state index in [2.05, 4.69) is 44.4 Å². The third-order valence-corrected chi connectivity index (χ3v) is 7.10. The maximum absolute atomic E-state index is 13.3. The van der Waals surface area contributed by atoms with Gasteiger partial charge in [0, 0.05) is 42.8 Å². The number of anilines is 1. The SMILES string of the molecule is Cc1cc(N2CC[C@@H](C(=O)N[C@@H](Cc3ccc4c(c3)OCCO4)CN3CCCC3)C2)cc(C)n1. The number of nitrogens with one attached hydrogen (secondary N) is 1. The molecule has 2 fully saturated rings. The number of rotatable bonds is 7. The molecular weight excluding hydrogens is 428 g/mol. The highest BCUT2D eigenvalue weighted by molar-refractivity contribution is 5.80. The molecular formula is C27H36N4O3. The first-order chi connectivity index (χ1) is 16.5. The lowest BCUT2D eigenvalue weighted by atomic mass is 10.0. The monoisotopic (exact) mass is 464 g/mol. The molecule has 182 valence electrons. The van der Waals surface area contributed by atoms with Crippen LogP contribution in [0.4, 0.5) is 5.69 Å². The second kappa shape index (κ2) is 10.2. The maximum atomic E-state index is 13.3. The molecule has 7 nitrogen and oxygen atoms in total. The number of likely N-dealkylation sites (tertiary alicyclic amines) is 1. The number of aromatic nitrogens is 1. The Morgan fingerprint density at radius 2 is 1.79 bits per heavy atom. The van der Waals surface area contributed by atoms with Gasteiger partial charge in [-0.3, -0.25) is 9.78 Å². The van der Waals surface area contributed by atoms with Crippen molar-refractivity contribution in [2.24, 2.45) is 5.92 Å². The minimum absolute atomic E-state index is 0.00937. The van der Waals surface area contributed by atoms with Crippen LogP contribution in [0, 0.1) is 19.8 Å². The van der Waals surface area contributed by atoms with Gasteiger partial charge < -0.3 is 24.6 Å². The molecule has 7 heteroatoms. The Morgan fingerprint density at radius 3 is 2.56 bits per heavy atom. The van der Waals surface area contributed by atoms with Crippen molar-refractivity contribution in [1.82, 2.24) is 15.2 Å². The molecule has 0 saturated carbocycles. The molecule has 5 rings (SSSR count). The van der Waals surface area contributed by atoms with Crippen molar-refractivity contribution in [1.29, 1.82) is 0 Å². The van der Waals surface area contributed by atoms with Gasteiger partial charge >= 0.3 is 0 Å². The Bertz CT molecular complexity index is 1000. The van der Waals surface area contributed by atoms with Crippen LogP contribution in [0.3, 0.4) is 0 Å². The fraction of sp³-hybridized carbons (Fsp3) is 0.556. The van der Waals surface area contributed by atoms with E-state index >= 15 is 0 Å². The predicted molar refractivity (Wildman–Crippen MR) is 133 cm³/mol. The van der Waals surface area contributed by atoms with Crippen molar-refractivity contribution < 1.29 is 14.3 Å². The summed E-state index contributed by atoms with van der Waals surface area (Å²) in [6.45, 7) is 10.0. The molecule has 1 aromatic carbocycles. The molecule has 1 N–H and O–H groups in total. The Balaban J connectivity index is 1.25. The number of nitrogens with zero attached hydrogens (tertiary/aromatic N) is 3. The smallest absolute Gasteiger partial charge is 0.225 e. The van der Waals surface area contributed by atoms with Crippen LogP contribution < -0.4 is 19.7 Å². The molecule has 2 saturated heterocycles. The number of benzene rings is 1. The van der Waals surface area contributed by atoms with Gasteiger partial charge in [0.2, 0.25) is 5.91 Å². The Kier molecular flexibility index (Phi) is 6.90. The van der Waals surface area contributed by atoms with E-state index in [9.17, 15) is 4.79 Å². The summed E-state index contributed by atoms with van der Waals surface area (Å²) in [5, 5.41) is 3.42. The highest BCUT2D eigenvalue weighted by Gasteiger charge is 2.31. The Hall–Kier alpha value is -2.80. The van der Waals surface area contributed by atoms with Crippen LogP contribution in [-0.4, -0.2) is 67.8 Å². The van der Waals surface area contributed by atoms with Gasteiger partial charge in [-0.05, 0) is 82.4 Å². The molecule has 0 spiro atoms. The number of amides is 1. The lowest BCUT2D eigenvalue weighted by Gasteiger charge is -2.27. The van der Waals surface area contributed by atoms with E-state index in [1.165, 1.54) is 24.1 Å². The quantitative estimate of drug-likeness (QED) is 0.679. The van der Waals surface area contributed by atoms with Gasteiger partial charge in [-0.25, -0.2) is 0 Å². The normalized spacial score (nSPS) is 21.0. The third kappa shape index (κ3) is 5.46. The fourth-order valence-corrected chi connectivity index (χ4v) is 5.46. The first-order valence-electron chi connectivity index (χ1n) is 12.6. The maximum Gasteiger partial charge on any atom is 0.225 e. The highest BCUT2D eigenvalue weighted by Crippen LogP contribution is 2.31. The summed E-state index contributed by atoms with van der Waals surface area (Å²) in [6.07, 6.45) is 4.16. The van der Waals surface area contributed by atoms with Crippen molar-refractivity contribution in [3.63, 3.8) is 0 Å². The van der Waals surface area contributed by atoms with Crippen molar-refractivity contribution in [3.05, 3.63) is 47.3 Å². The van der Waals surface area contributed by atoms with E-state index in [-0.39, 0.29) is 17.9 Å². The minimum atomic E-state index is 0.00937. The average Bonchev–Trinajstić information content (AvgIpc) is 3.51. The summed E-state index contributed by atoms with van der Waals surface area (Å²) in [5.74, 6) is 1.80. The van der Waals surface area contributed by atoms with E-state index in [1.54, 1.807) is 0 Å². The number of ether oxygens (including phenoxy) is 2. The van der Waals surface area contributed by atoms with Crippen LogP contribution in [0.5, 0.6) is 11.5 Å². The molecule has 3 aliphatic rings. The Labute approximate surface area is 202 Å². The lowest BCUT2D eigenvalue weighted by Crippen LogP contribution is -2.46. The van der Waals surface area contributed by atoms with E-state index in [0.29, 0.717) is 13.2 Å². The van der Waals surface area contributed by atoms with Gasteiger partial charge in [-0.2, -0.15) is 0 Å². The number of hydrogen-bond donors (Lipinski definition) is 1.